The van der Waals surface area contributed by atoms with E-state index in [0.717, 1.165) is 31.8 Å². The van der Waals surface area contributed by atoms with Crippen LogP contribution in [0.3, 0.4) is 0 Å². The van der Waals surface area contributed by atoms with Gasteiger partial charge < -0.3 is 10.8 Å². The van der Waals surface area contributed by atoms with Gasteiger partial charge >= 0.3 is 0 Å². The quantitative estimate of drug-likeness (QED) is 0.160. The number of thiophene rings is 2. The number of carbonyl (C=O) groups excluding carboxylic acids is 3. The van der Waals surface area contributed by atoms with Gasteiger partial charge in [-0.15, -0.1) is 22.7 Å². The van der Waals surface area contributed by atoms with E-state index in [2.05, 4.69) is 20.9 Å². The Morgan fingerprint density at radius 2 is 1.62 bits per heavy atom. The first-order chi connectivity index (χ1) is 17.7. The number of aryl methyl sites for hydroxylation is 1. The minimum Gasteiger partial charge on any atom is -0.506 e. The van der Waals surface area contributed by atoms with Crippen LogP contribution in [0.25, 0.3) is 10.4 Å². The average Bonchev–Trinajstić information content (AvgIpc) is 3.54. The number of hydrogen-bond donors (Lipinski definition) is 2. The van der Waals surface area contributed by atoms with Gasteiger partial charge in [-0.2, -0.15) is 0 Å². The van der Waals surface area contributed by atoms with Crippen molar-refractivity contribution in [3.05, 3.63) is 97.0 Å². The number of halogens is 1. The maximum Gasteiger partial charge on any atom is 0.248 e. The van der Waals surface area contributed by atoms with Crippen molar-refractivity contribution < 1.29 is 19.5 Å². The summed E-state index contributed by atoms with van der Waals surface area (Å²) in [4.78, 5) is 43.1. The molecule has 188 valence electrons. The Hall–Kier alpha value is -3.40. The second kappa shape index (κ2) is 11.8. The monoisotopic (exact) mass is 594 g/mol. The fraction of sp³-hybridized carbons (Fsp3) is 0.143. The van der Waals surface area contributed by atoms with Crippen molar-refractivity contribution in [2.45, 2.75) is 19.8 Å². The van der Waals surface area contributed by atoms with Crippen LogP contribution in [0.5, 0.6) is 5.75 Å². The first-order valence-electron chi connectivity index (χ1n) is 11.4. The number of benzene rings is 2. The highest BCUT2D eigenvalue weighted by Crippen LogP contribution is 2.39. The summed E-state index contributed by atoms with van der Waals surface area (Å²) in [6.07, 6.45) is 0.586. The molecular formula is C28H23BrN2O4S2. The Kier molecular flexibility index (Phi) is 8.48. The summed E-state index contributed by atoms with van der Waals surface area (Å²) in [5.41, 5.74) is 8.59. The minimum atomic E-state index is -0.525. The third-order valence-corrected chi connectivity index (χ3v) is 8.50. The predicted octanol–water partition coefficient (Wildman–Crippen LogP) is 6.55. The summed E-state index contributed by atoms with van der Waals surface area (Å²) in [6, 6.07) is 17.9. The van der Waals surface area contributed by atoms with Gasteiger partial charge in [0.05, 0.1) is 14.6 Å². The first-order valence-corrected chi connectivity index (χ1v) is 13.8. The Balaban J connectivity index is 1.39. The van der Waals surface area contributed by atoms with Crippen LogP contribution in [0.1, 0.15) is 54.2 Å². The Morgan fingerprint density at radius 1 is 0.946 bits per heavy atom. The van der Waals surface area contributed by atoms with E-state index in [0.29, 0.717) is 33.0 Å². The maximum atomic E-state index is 12.7. The molecule has 4 aromatic rings. The zero-order valence-corrected chi connectivity index (χ0v) is 23.1. The predicted molar refractivity (Wildman–Crippen MR) is 152 cm³/mol. The van der Waals surface area contributed by atoms with Gasteiger partial charge in [0.2, 0.25) is 5.91 Å². The van der Waals surface area contributed by atoms with Crippen molar-refractivity contribution in [3.63, 3.8) is 0 Å². The number of nitrogens with zero attached hydrogens (tertiary/aromatic N) is 1. The zero-order valence-electron chi connectivity index (χ0n) is 19.9. The van der Waals surface area contributed by atoms with Gasteiger partial charge in [-0.25, -0.2) is 0 Å². The lowest BCUT2D eigenvalue weighted by atomic mass is 10.0. The Morgan fingerprint density at radius 3 is 2.32 bits per heavy atom. The van der Waals surface area contributed by atoms with E-state index in [1.54, 1.807) is 43.3 Å². The topological polar surface area (TPSA) is 110 Å². The molecule has 37 heavy (non-hydrogen) atoms. The molecule has 3 N–H and O–H groups in total. The van der Waals surface area contributed by atoms with Crippen molar-refractivity contribution in [2.24, 2.45) is 10.7 Å². The van der Waals surface area contributed by atoms with Gasteiger partial charge in [-0.1, -0.05) is 46.3 Å². The minimum absolute atomic E-state index is 0.0884. The standard InChI is InChI=1S/C28H23BrN2O4S2/c1-16(21-15-36-27(26(21)34)18-6-9-19(29)10-7-18)31-14-23(33)25-13-12-24(37-25)22(32)11-8-17-4-2-3-5-20(17)28(30)35/h2-7,9-10,12-13,15,34H,8,11,14H2,1H3,(H2,30,35). The molecule has 0 aliphatic carbocycles. The van der Waals surface area contributed by atoms with Crippen molar-refractivity contribution >= 4 is 61.8 Å². The smallest absolute Gasteiger partial charge is 0.248 e. The van der Waals surface area contributed by atoms with Crippen LogP contribution >= 0.6 is 38.6 Å². The number of aliphatic imine (C=N–C) groups is 1. The van der Waals surface area contributed by atoms with Crippen LogP contribution in [0.2, 0.25) is 0 Å². The van der Waals surface area contributed by atoms with Crippen molar-refractivity contribution in [1.29, 1.82) is 0 Å². The van der Waals surface area contributed by atoms with Gasteiger partial charge in [0.1, 0.15) is 12.3 Å². The second-order valence-electron chi connectivity index (χ2n) is 8.27. The summed E-state index contributed by atoms with van der Waals surface area (Å²) in [5, 5.41) is 12.5. The Labute approximate surface area is 230 Å². The molecule has 9 heteroatoms. The molecule has 0 radical (unpaired) electrons. The van der Waals surface area contributed by atoms with E-state index in [-0.39, 0.29) is 30.3 Å². The Bertz CT molecular complexity index is 1500. The van der Waals surface area contributed by atoms with Crippen LogP contribution in [-0.2, 0) is 6.42 Å². The molecule has 4 rings (SSSR count). The number of ketones is 2. The van der Waals surface area contributed by atoms with Gasteiger partial charge in [0.25, 0.3) is 0 Å². The molecule has 0 fully saturated rings. The highest BCUT2D eigenvalue weighted by atomic mass is 79.9. The summed E-state index contributed by atoms with van der Waals surface area (Å²) in [7, 11) is 0. The molecular weight excluding hydrogens is 572 g/mol. The maximum absolute atomic E-state index is 12.7. The number of amides is 1. The van der Waals surface area contributed by atoms with Crippen LogP contribution in [0.4, 0.5) is 0 Å². The number of Topliss-reactive ketones (excluding diaryl/α,β-unsaturated/α-hetero) is 2. The van der Waals surface area contributed by atoms with Crippen LogP contribution < -0.4 is 5.73 Å². The summed E-state index contributed by atoms with van der Waals surface area (Å²) in [6.45, 7) is 1.67. The molecule has 1 amide bonds. The lowest BCUT2D eigenvalue weighted by Gasteiger charge is -2.05. The molecule has 0 spiro atoms. The molecule has 2 aromatic carbocycles. The van der Waals surface area contributed by atoms with Gasteiger partial charge in [-0.3, -0.25) is 19.4 Å². The third kappa shape index (κ3) is 6.30. The normalized spacial score (nSPS) is 11.5. The SMILES string of the molecule is CC(=NCC(=O)c1ccc(C(=O)CCc2ccccc2C(N)=O)s1)c1csc(-c2ccc(Br)cc2)c1O. The molecule has 0 unspecified atom stereocenters. The lowest BCUT2D eigenvalue weighted by Crippen LogP contribution is -2.14. The largest absolute Gasteiger partial charge is 0.506 e. The molecule has 6 nitrogen and oxygen atoms in total. The van der Waals surface area contributed by atoms with E-state index < -0.39 is 5.91 Å². The van der Waals surface area contributed by atoms with Gasteiger partial charge in [0, 0.05) is 33.1 Å². The first kappa shape index (κ1) is 26.7. The highest BCUT2D eigenvalue weighted by Gasteiger charge is 2.17. The number of primary amides is 1. The lowest BCUT2D eigenvalue weighted by molar-refractivity contribution is 0.0977. The molecule has 0 bridgehead atoms. The van der Waals surface area contributed by atoms with Crippen LogP contribution in [0.15, 0.2) is 75.5 Å². The zero-order chi connectivity index (χ0) is 26.5. The molecule has 0 atom stereocenters. The summed E-state index contributed by atoms with van der Waals surface area (Å²) in [5.74, 6) is -0.692. The van der Waals surface area contributed by atoms with E-state index in [9.17, 15) is 19.5 Å². The van der Waals surface area contributed by atoms with E-state index in [1.165, 1.54) is 11.3 Å². The van der Waals surface area contributed by atoms with Gasteiger partial charge in [0.15, 0.2) is 11.6 Å². The van der Waals surface area contributed by atoms with Crippen LogP contribution in [-0.4, -0.2) is 34.8 Å². The number of rotatable bonds is 10. The third-order valence-electron chi connectivity index (χ3n) is 5.78. The average molecular weight is 596 g/mol. The molecule has 0 saturated carbocycles. The van der Waals surface area contributed by atoms with E-state index in [1.807, 2.05) is 29.6 Å². The molecule has 0 aliphatic heterocycles. The van der Waals surface area contributed by atoms with Crippen molar-refractivity contribution in [1.82, 2.24) is 0 Å². The van der Waals surface area contributed by atoms with E-state index >= 15 is 0 Å². The summed E-state index contributed by atoms with van der Waals surface area (Å²) >= 11 is 5.96. The van der Waals surface area contributed by atoms with E-state index in [4.69, 9.17) is 5.73 Å². The van der Waals surface area contributed by atoms with Gasteiger partial charge in [-0.05, 0) is 54.8 Å². The molecule has 2 heterocycles. The highest BCUT2D eigenvalue weighted by molar-refractivity contribution is 9.10. The molecule has 2 aromatic heterocycles. The second-order valence-corrected chi connectivity index (χ2v) is 11.1. The van der Waals surface area contributed by atoms with Crippen LogP contribution in [0, 0.1) is 0 Å². The van der Waals surface area contributed by atoms with Crippen molar-refractivity contribution in [2.75, 3.05) is 6.54 Å². The number of carbonyl (C=O) groups is 3. The fourth-order valence-corrected chi connectivity index (χ4v) is 5.93. The number of aromatic hydroxyl groups is 1. The fourth-order valence-electron chi connectivity index (χ4n) is 3.76. The number of nitrogens with two attached hydrogens (primary N) is 1. The van der Waals surface area contributed by atoms with Crippen molar-refractivity contribution in [3.8, 4) is 16.2 Å². The number of hydrogen-bond acceptors (Lipinski definition) is 7. The summed E-state index contributed by atoms with van der Waals surface area (Å²) < 4.78 is 0.954. The molecule has 0 aliphatic rings. The molecule has 0 saturated heterocycles.